The molecule has 1 fully saturated rings. The van der Waals surface area contributed by atoms with E-state index >= 15 is 0 Å². The van der Waals surface area contributed by atoms with Crippen molar-refractivity contribution in [3.63, 3.8) is 0 Å². The Kier molecular flexibility index (Phi) is 7.45. The molecule has 7 nitrogen and oxygen atoms in total. The lowest BCUT2D eigenvalue weighted by molar-refractivity contribution is -0.178. The standard InChI is InChI=1S/C22H17Cl2F2N3O4S/c1-27-15-3-2-12(23)6-17(15)34-22-21(32)19(20(31)16(9-30)33-22)29-8-11(7-28-29)10-4-13(25)18(24)14(26)5-10/h2-8,16,19-22,30-32H,9H2/t16?,19-,20-,21?,22+/m0/s1. The van der Waals surface area contributed by atoms with Crippen molar-refractivity contribution in [1.29, 1.82) is 0 Å². The molecule has 1 aliphatic heterocycles. The molecule has 3 aromatic rings. The fourth-order valence-electron chi connectivity index (χ4n) is 3.65. The second kappa shape index (κ2) is 10.2. The second-order valence-electron chi connectivity index (χ2n) is 7.50. The zero-order valence-electron chi connectivity index (χ0n) is 17.1. The summed E-state index contributed by atoms with van der Waals surface area (Å²) in [4.78, 5) is 3.89. The molecule has 0 amide bonds. The minimum atomic E-state index is -1.36. The smallest absolute Gasteiger partial charge is 0.200 e. The van der Waals surface area contributed by atoms with Gasteiger partial charge in [-0.3, -0.25) is 4.68 Å². The van der Waals surface area contributed by atoms with Gasteiger partial charge in [0.25, 0.3) is 0 Å². The van der Waals surface area contributed by atoms with E-state index in [1.807, 2.05) is 0 Å². The number of aliphatic hydroxyl groups excluding tert-OH is 3. The molecule has 2 heterocycles. The third-order valence-corrected chi connectivity index (χ3v) is 7.16. The maximum Gasteiger partial charge on any atom is 0.200 e. The van der Waals surface area contributed by atoms with Gasteiger partial charge in [0.05, 0.1) is 19.4 Å². The van der Waals surface area contributed by atoms with Gasteiger partial charge >= 0.3 is 0 Å². The Morgan fingerprint density at radius 2 is 1.82 bits per heavy atom. The Labute approximate surface area is 207 Å². The molecule has 12 heteroatoms. The van der Waals surface area contributed by atoms with Crippen molar-refractivity contribution >= 4 is 40.7 Å². The van der Waals surface area contributed by atoms with Crippen LogP contribution in [0.15, 0.2) is 47.6 Å². The van der Waals surface area contributed by atoms with E-state index in [4.69, 9.17) is 34.5 Å². The summed E-state index contributed by atoms with van der Waals surface area (Å²) in [5.41, 5.74) is -0.230. The number of halogens is 4. The maximum atomic E-state index is 13.9. The number of aromatic nitrogens is 2. The number of benzene rings is 2. The Morgan fingerprint density at radius 3 is 2.47 bits per heavy atom. The first-order valence-corrected chi connectivity index (χ1v) is 11.5. The highest BCUT2D eigenvalue weighted by Crippen LogP contribution is 2.42. The number of nitrogens with zero attached hydrogens (tertiary/aromatic N) is 3. The van der Waals surface area contributed by atoms with Crippen LogP contribution in [-0.2, 0) is 4.74 Å². The van der Waals surface area contributed by atoms with E-state index in [-0.39, 0.29) is 5.56 Å². The molecule has 4 rings (SSSR count). The highest BCUT2D eigenvalue weighted by Gasteiger charge is 2.46. The molecule has 0 bridgehead atoms. The second-order valence-corrected chi connectivity index (χ2v) is 9.46. The molecular weight excluding hydrogens is 511 g/mol. The molecule has 5 atom stereocenters. The number of thioether (sulfide) groups is 1. The van der Waals surface area contributed by atoms with Crippen LogP contribution in [0, 0.1) is 18.2 Å². The molecule has 0 spiro atoms. The zero-order chi connectivity index (χ0) is 24.6. The molecular formula is C22H17Cl2F2N3O4S. The highest BCUT2D eigenvalue weighted by atomic mass is 35.5. The third kappa shape index (κ3) is 4.78. The van der Waals surface area contributed by atoms with Crippen molar-refractivity contribution in [3.8, 4) is 11.1 Å². The number of hydrogen-bond acceptors (Lipinski definition) is 6. The monoisotopic (exact) mass is 527 g/mol. The molecule has 0 aliphatic carbocycles. The zero-order valence-corrected chi connectivity index (χ0v) is 19.5. The highest BCUT2D eigenvalue weighted by molar-refractivity contribution is 8.00. The summed E-state index contributed by atoms with van der Waals surface area (Å²) >= 11 is 12.6. The summed E-state index contributed by atoms with van der Waals surface area (Å²) in [5.74, 6) is -1.88. The summed E-state index contributed by atoms with van der Waals surface area (Å²) in [7, 11) is 0. The van der Waals surface area contributed by atoms with Crippen molar-refractivity contribution < 1.29 is 28.8 Å². The van der Waals surface area contributed by atoms with Gasteiger partial charge in [-0.15, -0.1) is 11.8 Å². The molecule has 178 valence electrons. The van der Waals surface area contributed by atoms with Crippen molar-refractivity contribution in [2.75, 3.05) is 6.61 Å². The Morgan fingerprint density at radius 1 is 1.12 bits per heavy atom. The number of hydrogen-bond donors (Lipinski definition) is 3. The normalized spacial score (nSPS) is 24.7. The lowest BCUT2D eigenvalue weighted by Gasteiger charge is -2.42. The van der Waals surface area contributed by atoms with E-state index in [0.717, 1.165) is 23.9 Å². The average molecular weight is 528 g/mol. The third-order valence-electron chi connectivity index (χ3n) is 5.36. The molecule has 3 N–H and O–H groups in total. The Balaban J connectivity index is 1.66. The average Bonchev–Trinajstić information content (AvgIpc) is 3.29. The van der Waals surface area contributed by atoms with Crippen LogP contribution in [0.25, 0.3) is 16.0 Å². The Hall–Kier alpha value is -2.23. The first-order chi connectivity index (χ1) is 16.2. The van der Waals surface area contributed by atoms with Crippen LogP contribution in [0.3, 0.4) is 0 Å². The van der Waals surface area contributed by atoms with Gasteiger partial charge in [-0.05, 0) is 23.8 Å². The predicted octanol–water partition coefficient (Wildman–Crippen LogP) is 4.46. The number of rotatable bonds is 5. The van der Waals surface area contributed by atoms with Crippen LogP contribution < -0.4 is 0 Å². The van der Waals surface area contributed by atoms with Gasteiger partial charge in [0.15, 0.2) is 0 Å². The van der Waals surface area contributed by atoms with E-state index in [0.29, 0.717) is 21.2 Å². The molecule has 2 unspecified atom stereocenters. The predicted molar refractivity (Wildman–Crippen MR) is 123 cm³/mol. The summed E-state index contributed by atoms with van der Waals surface area (Å²) < 4.78 is 34.8. The lowest BCUT2D eigenvalue weighted by atomic mass is 9.97. The van der Waals surface area contributed by atoms with E-state index < -0.39 is 53.1 Å². The Bertz CT molecular complexity index is 1230. The van der Waals surface area contributed by atoms with Crippen molar-refractivity contribution in [2.24, 2.45) is 0 Å². The van der Waals surface area contributed by atoms with Gasteiger partial charge in [-0.2, -0.15) is 5.10 Å². The van der Waals surface area contributed by atoms with E-state index in [1.54, 1.807) is 12.1 Å². The first-order valence-electron chi connectivity index (χ1n) is 9.88. The quantitative estimate of drug-likeness (QED) is 0.335. The molecule has 0 saturated carbocycles. The van der Waals surface area contributed by atoms with Gasteiger partial charge in [0, 0.05) is 21.7 Å². The van der Waals surface area contributed by atoms with Crippen LogP contribution in [0.5, 0.6) is 0 Å². The van der Waals surface area contributed by atoms with Gasteiger partial charge < -0.3 is 20.1 Å². The van der Waals surface area contributed by atoms with Gasteiger partial charge in [0.2, 0.25) is 5.69 Å². The van der Waals surface area contributed by atoms with Crippen molar-refractivity contribution in [3.05, 3.63) is 75.8 Å². The van der Waals surface area contributed by atoms with Gasteiger partial charge in [-0.25, -0.2) is 13.6 Å². The fourth-order valence-corrected chi connectivity index (χ4v) is 5.17. The summed E-state index contributed by atoms with van der Waals surface area (Å²) in [5, 5.41) is 35.5. The summed E-state index contributed by atoms with van der Waals surface area (Å²) in [6.07, 6.45) is -1.04. The van der Waals surface area contributed by atoms with E-state index in [9.17, 15) is 24.1 Å². The summed E-state index contributed by atoms with van der Waals surface area (Å²) in [6, 6.07) is 5.67. The van der Waals surface area contributed by atoms with Crippen LogP contribution in [-0.4, -0.2) is 55.5 Å². The van der Waals surface area contributed by atoms with Crippen LogP contribution >= 0.6 is 35.0 Å². The lowest BCUT2D eigenvalue weighted by Crippen LogP contribution is -2.54. The molecule has 1 aromatic heterocycles. The molecule has 0 radical (unpaired) electrons. The first kappa shape index (κ1) is 24.9. The van der Waals surface area contributed by atoms with Crippen LogP contribution in [0.2, 0.25) is 10.0 Å². The topological polar surface area (TPSA) is 92.1 Å². The van der Waals surface area contributed by atoms with E-state index in [2.05, 4.69) is 9.94 Å². The minimum absolute atomic E-state index is 0.159. The van der Waals surface area contributed by atoms with Crippen LogP contribution in [0.1, 0.15) is 6.04 Å². The van der Waals surface area contributed by atoms with Crippen LogP contribution in [0.4, 0.5) is 14.5 Å². The molecule has 1 aliphatic rings. The molecule has 1 saturated heterocycles. The number of aliphatic hydroxyl groups is 3. The maximum absolute atomic E-state index is 13.9. The minimum Gasteiger partial charge on any atom is -0.394 e. The largest absolute Gasteiger partial charge is 0.394 e. The summed E-state index contributed by atoms with van der Waals surface area (Å²) in [6.45, 7) is 6.79. The van der Waals surface area contributed by atoms with Crippen molar-refractivity contribution in [2.45, 2.75) is 34.7 Å². The molecule has 2 aromatic carbocycles. The van der Waals surface area contributed by atoms with Gasteiger partial charge in [-0.1, -0.05) is 35.3 Å². The van der Waals surface area contributed by atoms with Gasteiger partial charge in [0.1, 0.15) is 46.4 Å². The molecule has 34 heavy (non-hydrogen) atoms. The number of ether oxygens (including phenoxy) is 1. The fraction of sp³-hybridized carbons (Fsp3) is 0.273. The SMILES string of the molecule is [C-]#[N+]c1ccc(Cl)cc1S[C@H]1OC(CO)[C@H](O)[C@H](n2cc(-c3cc(F)c(Cl)c(F)c3)cn2)C1O. The van der Waals surface area contributed by atoms with E-state index in [1.165, 1.54) is 23.1 Å². The van der Waals surface area contributed by atoms with Crippen molar-refractivity contribution in [1.82, 2.24) is 9.78 Å².